The van der Waals surface area contributed by atoms with Gasteiger partial charge >= 0.3 is 0 Å². The van der Waals surface area contributed by atoms with Gasteiger partial charge in [-0.3, -0.25) is 5.41 Å². The molecule has 1 saturated heterocycles. The SMILES string of the molecule is Cc1ccc(N2CCN(C(=N)N)CC2)cc1. The average molecular weight is 218 g/mol. The third-order valence-corrected chi connectivity index (χ3v) is 3.02. The molecule has 1 fully saturated rings. The molecule has 3 N–H and O–H groups in total. The van der Waals surface area contributed by atoms with E-state index in [0.29, 0.717) is 0 Å². The first kappa shape index (κ1) is 10.8. The Morgan fingerprint density at radius 3 is 2.19 bits per heavy atom. The molecule has 1 aliphatic rings. The minimum Gasteiger partial charge on any atom is -0.370 e. The van der Waals surface area contributed by atoms with E-state index in [1.807, 2.05) is 4.90 Å². The second-order valence-corrected chi connectivity index (χ2v) is 4.19. The van der Waals surface area contributed by atoms with Crippen molar-refractivity contribution >= 4 is 11.6 Å². The van der Waals surface area contributed by atoms with Crippen LogP contribution in [0, 0.1) is 12.3 Å². The van der Waals surface area contributed by atoms with Gasteiger partial charge in [-0.2, -0.15) is 0 Å². The molecule has 1 heterocycles. The van der Waals surface area contributed by atoms with E-state index >= 15 is 0 Å². The van der Waals surface area contributed by atoms with Crippen LogP contribution in [0.5, 0.6) is 0 Å². The van der Waals surface area contributed by atoms with Crippen molar-refractivity contribution in [1.82, 2.24) is 4.90 Å². The summed E-state index contributed by atoms with van der Waals surface area (Å²) < 4.78 is 0. The first-order valence-corrected chi connectivity index (χ1v) is 5.57. The molecular weight excluding hydrogens is 200 g/mol. The quantitative estimate of drug-likeness (QED) is 0.546. The van der Waals surface area contributed by atoms with E-state index in [0.717, 1.165) is 26.2 Å². The molecule has 2 rings (SSSR count). The Balaban J connectivity index is 1.99. The van der Waals surface area contributed by atoms with Gasteiger partial charge in [0, 0.05) is 31.9 Å². The number of guanidine groups is 1. The number of nitrogens with zero attached hydrogens (tertiary/aromatic N) is 2. The molecule has 1 aromatic carbocycles. The lowest BCUT2D eigenvalue weighted by molar-refractivity contribution is 0.380. The molecule has 0 atom stereocenters. The van der Waals surface area contributed by atoms with Crippen molar-refractivity contribution in [3.63, 3.8) is 0 Å². The van der Waals surface area contributed by atoms with Crippen molar-refractivity contribution in [2.24, 2.45) is 5.73 Å². The standard InChI is InChI=1S/C12H18N4/c1-10-2-4-11(5-3-10)15-6-8-16(9-7-15)12(13)14/h2-5H,6-9H2,1H3,(H3,13,14). The smallest absolute Gasteiger partial charge is 0.188 e. The number of anilines is 1. The highest BCUT2D eigenvalue weighted by atomic mass is 15.3. The predicted molar refractivity (Wildman–Crippen MR) is 66.9 cm³/mol. The van der Waals surface area contributed by atoms with Crippen LogP contribution >= 0.6 is 0 Å². The number of aryl methyl sites for hydroxylation is 1. The Bertz CT molecular complexity index is 363. The molecule has 1 aliphatic heterocycles. The highest BCUT2D eigenvalue weighted by molar-refractivity contribution is 5.74. The first-order valence-electron chi connectivity index (χ1n) is 5.57. The highest BCUT2D eigenvalue weighted by Crippen LogP contribution is 2.16. The molecule has 0 unspecified atom stereocenters. The van der Waals surface area contributed by atoms with Gasteiger partial charge in [-0.1, -0.05) is 17.7 Å². The molecule has 0 aromatic heterocycles. The van der Waals surface area contributed by atoms with Crippen molar-refractivity contribution in [2.45, 2.75) is 6.92 Å². The molecule has 0 radical (unpaired) electrons. The maximum atomic E-state index is 7.37. The molecule has 0 bridgehead atoms. The Labute approximate surface area is 96.2 Å². The van der Waals surface area contributed by atoms with E-state index < -0.39 is 0 Å². The summed E-state index contributed by atoms with van der Waals surface area (Å²) in [6.45, 7) is 5.63. The van der Waals surface area contributed by atoms with E-state index in [9.17, 15) is 0 Å². The Kier molecular flexibility index (Phi) is 2.99. The lowest BCUT2D eigenvalue weighted by atomic mass is 10.2. The van der Waals surface area contributed by atoms with Crippen LogP contribution in [-0.2, 0) is 0 Å². The zero-order valence-corrected chi connectivity index (χ0v) is 9.61. The van der Waals surface area contributed by atoms with E-state index in [-0.39, 0.29) is 5.96 Å². The Morgan fingerprint density at radius 1 is 1.12 bits per heavy atom. The summed E-state index contributed by atoms with van der Waals surface area (Å²) in [5, 5.41) is 7.37. The summed E-state index contributed by atoms with van der Waals surface area (Å²) >= 11 is 0. The molecule has 4 heteroatoms. The predicted octanol–water partition coefficient (Wildman–Crippen LogP) is 1.01. The number of nitrogens with two attached hydrogens (primary N) is 1. The molecule has 4 nitrogen and oxygen atoms in total. The van der Waals surface area contributed by atoms with Gasteiger partial charge in [-0.15, -0.1) is 0 Å². The number of nitrogens with one attached hydrogen (secondary N) is 1. The molecule has 0 spiro atoms. The fourth-order valence-electron chi connectivity index (χ4n) is 1.96. The van der Waals surface area contributed by atoms with E-state index in [1.165, 1.54) is 11.3 Å². The van der Waals surface area contributed by atoms with Gasteiger partial charge in [0.15, 0.2) is 5.96 Å². The van der Waals surface area contributed by atoms with Crippen molar-refractivity contribution in [1.29, 1.82) is 5.41 Å². The highest BCUT2D eigenvalue weighted by Gasteiger charge is 2.17. The summed E-state index contributed by atoms with van der Waals surface area (Å²) in [4.78, 5) is 4.24. The summed E-state index contributed by atoms with van der Waals surface area (Å²) in [5.41, 5.74) is 8.00. The number of benzene rings is 1. The maximum Gasteiger partial charge on any atom is 0.188 e. The monoisotopic (exact) mass is 218 g/mol. The van der Waals surface area contributed by atoms with Crippen molar-refractivity contribution in [3.8, 4) is 0 Å². The molecule has 0 saturated carbocycles. The normalized spacial score (nSPS) is 16.3. The van der Waals surface area contributed by atoms with Gasteiger partial charge in [0.1, 0.15) is 0 Å². The lowest BCUT2D eigenvalue weighted by Gasteiger charge is -2.36. The Hall–Kier alpha value is -1.71. The van der Waals surface area contributed by atoms with Crippen molar-refractivity contribution in [3.05, 3.63) is 29.8 Å². The topological polar surface area (TPSA) is 56.4 Å². The maximum absolute atomic E-state index is 7.37. The van der Waals surface area contributed by atoms with Gasteiger partial charge in [-0.25, -0.2) is 0 Å². The summed E-state index contributed by atoms with van der Waals surface area (Å²) in [5.74, 6) is 0.184. The number of rotatable bonds is 1. The first-order chi connectivity index (χ1) is 7.66. The number of hydrogen-bond donors (Lipinski definition) is 2. The summed E-state index contributed by atoms with van der Waals surface area (Å²) in [7, 11) is 0. The van der Waals surface area contributed by atoms with E-state index in [1.54, 1.807) is 0 Å². The summed E-state index contributed by atoms with van der Waals surface area (Å²) in [6, 6.07) is 8.57. The van der Waals surface area contributed by atoms with Gasteiger partial charge in [0.25, 0.3) is 0 Å². The van der Waals surface area contributed by atoms with Crippen LogP contribution in [0.2, 0.25) is 0 Å². The van der Waals surface area contributed by atoms with Gasteiger partial charge in [0.2, 0.25) is 0 Å². The largest absolute Gasteiger partial charge is 0.370 e. The minimum atomic E-state index is 0.184. The minimum absolute atomic E-state index is 0.184. The molecule has 0 amide bonds. The molecular formula is C12H18N4. The Morgan fingerprint density at radius 2 is 1.69 bits per heavy atom. The fourth-order valence-corrected chi connectivity index (χ4v) is 1.96. The third-order valence-electron chi connectivity index (χ3n) is 3.02. The van der Waals surface area contributed by atoms with Crippen LogP contribution in [-0.4, -0.2) is 37.0 Å². The molecule has 16 heavy (non-hydrogen) atoms. The van der Waals surface area contributed by atoms with Crippen molar-refractivity contribution in [2.75, 3.05) is 31.1 Å². The van der Waals surface area contributed by atoms with Gasteiger partial charge in [-0.05, 0) is 19.1 Å². The second kappa shape index (κ2) is 4.43. The van der Waals surface area contributed by atoms with Crippen LogP contribution in [0.25, 0.3) is 0 Å². The van der Waals surface area contributed by atoms with Crippen LogP contribution < -0.4 is 10.6 Å². The summed E-state index contributed by atoms with van der Waals surface area (Å²) in [6.07, 6.45) is 0. The van der Waals surface area contributed by atoms with Crippen LogP contribution in [0.4, 0.5) is 5.69 Å². The lowest BCUT2D eigenvalue weighted by Crippen LogP contribution is -2.50. The van der Waals surface area contributed by atoms with Crippen LogP contribution in [0.15, 0.2) is 24.3 Å². The van der Waals surface area contributed by atoms with Gasteiger partial charge < -0.3 is 15.5 Å². The fraction of sp³-hybridized carbons (Fsp3) is 0.417. The average Bonchev–Trinajstić information content (AvgIpc) is 2.30. The molecule has 1 aromatic rings. The zero-order valence-electron chi connectivity index (χ0n) is 9.61. The third kappa shape index (κ3) is 2.27. The van der Waals surface area contributed by atoms with Gasteiger partial charge in [0.05, 0.1) is 0 Å². The van der Waals surface area contributed by atoms with Crippen LogP contribution in [0.1, 0.15) is 5.56 Å². The van der Waals surface area contributed by atoms with Crippen LogP contribution in [0.3, 0.4) is 0 Å². The zero-order chi connectivity index (χ0) is 11.5. The number of piperazine rings is 1. The van der Waals surface area contributed by atoms with Crippen molar-refractivity contribution < 1.29 is 0 Å². The number of hydrogen-bond acceptors (Lipinski definition) is 2. The van der Waals surface area contributed by atoms with E-state index in [4.69, 9.17) is 11.1 Å². The second-order valence-electron chi connectivity index (χ2n) is 4.19. The van der Waals surface area contributed by atoms with E-state index in [2.05, 4.69) is 36.1 Å². The molecule has 86 valence electrons. The molecule has 0 aliphatic carbocycles.